The van der Waals surface area contributed by atoms with Crippen molar-refractivity contribution in [2.75, 3.05) is 24.2 Å². The van der Waals surface area contributed by atoms with E-state index in [9.17, 15) is 18.0 Å². The van der Waals surface area contributed by atoms with Gasteiger partial charge < -0.3 is 15.0 Å². The minimum Gasteiger partial charge on any atom is -0.495 e. The first kappa shape index (κ1) is 29.1. The number of nitrogens with one attached hydrogen (secondary N) is 1. The Hall–Kier alpha value is -2.49. The Labute approximate surface area is 228 Å². The number of sulfonamides is 1. The van der Waals surface area contributed by atoms with Gasteiger partial charge in [-0.05, 0) is 49.1 Å². The average molecular weight is 571 g/mol. The Morgan fingerprint density at radius 3 is 2.41 bits per heavy atom. The Morgan fingerprint density at radius 2 is 1.81 bits per heavy atom. The number of amides is 2. The lowest BCUT2D eigenvalue weighted by Crippen LogP contribution is -2.53. The summed E-state index contributed by atoms with van der Waals surface area (Å²) < 4.78 is 31.9. The van der Waals surface area contributed by atoms with Crippen LogP contribution in [0.25, 0.3) is 0 Å². The lowest BCUT2D eigenvalue weighted by molar-refractivity contribution is -0.140. The van der Waals surface area contributed by atoms with Crippen molar-refractivity contribution in [2.45, 2.75) is 57.7 Å². The molecule has 1 N–H and O–H groups in total. The van der Waals surface area contributed by atoms with Crippen LogP contribution in [0.2, 0.25) is 10.0 Å². The quantitative estimate of drug-likeness (QED) is 0.425. The number of methoxy groups -OCH3 is 1. The number of ether oxygens (including phenoxy) is 1. The zero-order valence-electron chi connectivity index (χ0n) is 21.2. The highest BCUT2D eigenvalue weighted by molar-refractivity contribution is 7.92. The van der Waals surface area contributed by atoms with Crippen molar-refractivity contribution < 1.29 is 22.7 Å². The van der Waals surface area contributed by atoms with Crippen molar-refractivity contribution in [3.8, 4) is 5.75 Å². The number of hydrogen-bond acceptors (Lipinski definition) is 5. The molecule has 0 spiro atoms. The second-order valence-corrected chi connectivity index (χ2v) is 11.9. The first-order valence-corrected chi connectivity index (χ1v) is 14.8. The van der Waals surface area contributed by atoms with Crippen LogP contribution in [-0.4, -0.2) is 57.1 Å². The number of nitrogens with zero attached hydrogens (tertiary/aromatic N) is 2. The molecule has 2 aromatic carbocycles. The third kappa shape index (κ3) is 7.52. The molecule has 1 fully saturated rings. The molecule has 11 heteroatoms. The maximum atomic E-state index is 13.8. The van der Waals surface area contributed by atoms with Gasteiger partial charge in [-0.15, -0.1) is 0 Å². The fraction of sp³-hybridized carbons (Fsp3) is 0.462. The summed E-state index contributed by atoms with van der Waals surface area (Å²) in [5.74, 6) is -0.508. The summed E-state index contributed by atoms with van der Waals surface area (Å²) in [7, 11) is -2.45. The van der Waals surface area contributed by atoms with Gasteiger partial charge in [-0.2, -0.15) is 0 Å². The highest BCUT2D eigenvalue weighted by Crippen LogP contribution is 2.30. The number of halogens is 2. The minimum atomic E-state index is -3.88. The van der Waals surface area contributed by atoms with Gasteiger partial charge in [-0.3, -0.25) is 13.9 Å². The fourth-order valence-corrected chi connectivity index (χ4v) is 5.87. The lowest BCUT2D eigenvalue weighted by atomic mass is 10.1. The van der Waals surface area contributed by atoms with Gasteiger partial charge in [-0.1, -0.05) is 61.2 Å². The zero-order valence-corrected chi connectivity index (χ0v) is 23.6. The van der Waals surface area contributed by atoms with Crippen molar-refractivity contribution in [3.63, 3.8) is 0 Å². The molecular formula is C26H33Cl2N3O5S. The second kappa shape index (κ2) is 12.8. The van der Waals surface area contributed by atoms with Crippen LogP contribution in [0, 0.1) is 0 Å². The molecule has 0 aromatic heterocycles. The van der Waals surface area contributed by atoms with Crippen LogP contribution in [-0.2, 0) is 26.2 Å². The second-order valence-electron chi connectivity index (χ2n) is 9.11. The summed E-state index contributed by atoms with van der Waals surface area (Å²) in [6, 6.07) is 10.7. The van der Waals surface area contributed by atoms with E-state index in [0.717, 1.165) is 36.2 Å². The van der Waals surface area contributed by atoms with Gasteiger partial charge in [0.05, 0.1) is 19.1 Å². The van der Waals surface area contributed by atoms with E-state index in [1.54, 1.807) is 42.5 Å². The van der Waals surface area contributed by atoms with Crippen LogP contribution >= 0.6 is 23.2 Å². The SMILES string of the molecule is CC[C@H](C(=O)NC1CCCC1)N(Cc1ccc(Cl)cc1Cl)C(=O)CN(c1ccccc1OC)S(C)(=O)=O. The molecule has 1 saturated carbocycles. The molecule has 8 nitrogen and oxygen atoms in total. The number of carbonyl (C=O) groups excluding carboxylic acids is 2. The molecule has 2 amide bonds. The van der Waals surface area contributed by atoms with E-state index in [2.05, 4.69) is 5.32 Å². The van der Waals surface area contributed by atoms with E-state index in [4.69, 9.17) is 27.9 Å². The van der Waals surface area contributed by atoms with Crippen molar-refractivity contribution in [3.05, 3.63) is 58.1 Å². The predicted molar refractivity (Wildman–Crippen MR) is 147 cm³/mol. The molecule has 0 unspecified atom stereocenters. The molecule has 0 bridgehead atoms. The molecule has 0 saturated heterocycles. The maximum Gasteiger partial charge on any atom is 0.244 e. The van der Waals surface area contributed by atoms with E-state index >= 15 is 0 Å². The third-order valence-corrected chi connectivity index (χ3v) is 8.19. The molecule has 0 aliphatic heterocycles. The van der Waals surface area contributed by atoms with Crippen LogP contribution in [0.15, 0.2) is 42.5 Å². The van der Waals surface area contributed by atoms with Crippen molar-refractivity contribution >= 4 is 50.7 Å². The van der Waals surface area contributed by atoms with Gasteiger partial charge in [0.1, 0.15) is 18.3 Å². The van der Waals surface area contributed by atoms with Crippen LogP contribution in [0.4, 0.5) is 5.69 Å². The number of carbonyl (C=O) groups is 2. The van der Waals surface area contributed by atoms with E-state index < -0.39 is 28.5 Å². The van der Waals surface area contributed by atoms with E-state index in [1.807, 2.05) is 6.92 Å². The Bertz CT molecular complexity index is 1220. The van der Waals surface area contributed by atoms with Gasteiger partial charge in [0.15, 0.2) is 0 Å². The zero-order chi connectivity index (χ0) is 27.2. The molecule has 2 aromatic rings. The maximum absolute atomic E-state index is 13.8. The minimum absolute atomic E-state index is 0.00888. The summed E-state index contributed by atoms with van der Waals surface area (Å²) in [4.78, 5) is 28.6. The van der Waals surface area contributed by atoms with Crippen molar-refractivity contribution in [1.82, 2.24) is 10.2 Å². The van der Waals surface area contributed by atoms with Crippen LogP contribution in [0.3, 0.4) is 0 Å². The van der Waals surface area contributed by atoms with E-state index in [-0.39, 0.29) is 24.2 Å². The normalized spacial score (nSPS) is 14.7. The molecule has 1 aliphatic carbocycles. The van der Waals surface area contributed by atoms with E-state index in [1.165, 1.54) is 12.0 Å². The highest BCUT2D eigenvalue weighted by Gasteiger charge is 2.34. The van der Waals surface area contributed by atoms with Gasteiger partial charge in [0.2, 0.25) is 21.8 Å². The van der Waals surface area contributed by atoms with Crippen LogP contribution < -0.4 is 14.4 Å². The topological polar surface area (TPSA) is 96.0 Å². The smallest absolute Gasteiger partial charge is 0.244 e. The summed E-state index contributed by atoms with van der Waals surface area (Å²) in [6.07, 6.45) is 5.25. The monoisotopic (exact) mass is 569 g/mol. The largest absolute Gasteiger partial charge is 0.495 e. The highest BCUT2D eigenvalue weighted by atomic mass is 35.5. The van der Waals surface area contributed by atoms with Crippen molar-refractivity contribution in [2.24, 2.45) is 0 Å². The van der Waals surface area contributed by atoms with Gasteiger partial charge in [0.25, 0.3) is 0 Å². The molecular weight excluding hydrogens is 537 g/mol. The molecule has 0 heterocycles. The van der Waals surface area contributed by atoms with Gasteiger partial charge >= 0.3 is 0 Å². The Balaban J connectivity index is 1.97. The first-order valence-electron chi connectivity index (χ1n) is 12.2. The average Bonchev–Trinajstić information content (AvgIpc) is 3.35. The molecule has 202 valence electrons. The number of anilines is 1. The molecule has 37 heavy (non-hydrogen) atoms. The van der Waals surface area contributed by atoms with Crippen LogP contribution in [0.1, 0.15) is 44.6 Å². The standard InChI is InChI=1S/C26H33Cl2N3O5S/c1-4-22(26(33)29-20-9-5-6-10-20)30(16-18-13-14-19(27)15-21(18)28)25(32)17-31(37(3,34)35)23-11-7-8-12-24(23)36-2/h7-8,11-15,20,22H,4-6,9-10,16-17H2,1-3H3,(H,29,33)/t22-/m1/s1. The lowest BCUT2D eigenvalue weighted by Gasteiger charge is -2.33. The summed E-state index contributed by atoms with van der Waals surface area (Å²) in [6.45, 7) is 1.31. The predicted octanol–water partition coefficient (Wildman–Crippen LogP) is 4.63. The first-order chi connectivity index (χ1) is 17.5. The van der Waals surface area contributed by atoms with E-state index in [0.29, 0.717) is 27.8 Å². The summed E-state index contributed by atoms with van der Waals surface area (Å²) >= 11 is 12.5. The molecule has 1 aliphatic rings. The van der Waals surface area contributed by atoms with Gasteiger partial charge in [0, 0.05) is 22.6 Å². The number of para-hydroxylation sites is 2. The number of benzene rings is 2. The molecule has 0 radical (unpaired) electrons. The summed E-state index contributed by atoms with van der Waals surface area (Å²) in [5, 5.41) is 3.86. The Morgan fingerprint density at radius 1 is 1.14 bits per heavy atom. The Kier molecular flexibility index (Phi) is 10.1. The third-order valence-electron chi connectivity index (χ3n) is 6.48. The fourth-order valence-electron chi connectivity index (χ4n) is 4.55. The van der Waals surface area contributed by atoms with Crippen molar-refractivity contribution in [1.29, 1.82) is 0 Å². The summed E-state index contributed by atoms with van der Waals surface area (Å²) in [5.41, 5.74) is 0.823. The van der Waals surface area contributed by atoms with Gasteiger partial charge in [-0.25, -0.2) is 8.42 Å². The van der Waals surface area contributed by atoms with Crippen LogP contribution in [0.5, 0.6) is 5.75 Å². The number of hydrogen-bond donors (Lipinski definition) is 1. The molecule has 1 atom stereocenters. The molecule has 3 rings (SSSR count). The number of rotatable bonds is 11.